The van der Waals surface area contributed by atoms with Gasteiger partial charge in [-0.3, -0.25) is 9.69 Å². The Labute approximate surface area is 146 Å². The number of hydrogen-bond donors (Lipinski definition) is 0. The second-order valence-electron chi connectivity index (χ2n) is 6.91. The number of morpholine rings is 1. The third-order valence-electron chi connectivity index (χ3n) is 5.05. The van der Waals surface area contributed by atoms with Crippen LogP contribution in [0.4, 0.5) is 5.82 Å². The van der Waals surface area contributed by atoms with Gasteiger partial charge in [0.25, 0.3) is 0 Å². The number of hydrogen-bond acceptors (Lipinski definition) is 7. The average Bonchev–Trinajstić information content (AvgIpc) is 2.91. The van der Waals surface area contributed by atoms with Crippen LogP contribution in [0.1, 0.15) is 5.82 Å². The second-order valence-corrected chi connectivity index (χ2v) is 6.91. The summed E-state index contributed by atoms with van der Waals surface area (Å²) in [7, 11) is 3.94. The molecule has 4 rings (SSSR count). The van der Waals surface area contributed by atoms with Crippen molar-refractivity contribution in [3.63, 3.8) is 0 Å². The van der Waals surface area contributed by atoms with Crippen LogP contribution < -0.4 is 4.90 Å². The van der Waals surface area contributed by atoms with Crippen LogP contribution in [0.2, 0.25) is 0 Å². The van der Waals surface area contributed by atoms with Gasteiger partial charge in [-0.2, -0.15) is 4.52 Å². The normalized spacial score (nSPS) is 22.1. The van der Waals surface area contributed by atoms with E-state index in [1.807, 2.05) is 26.1 Å². The largest absolute Gasteiger partial charge is 0.365 e. The highest BCUT2D eigenvalue weighted by Crippen LogP contribution is 2.22. The first-order valence-corrected chi connectivity index (χ1v) is 8.51. The zero-order valence-electron chi connectivity index (χ0n) is 14.8. The zero-order chi connectivity index (χ0) is 17.6. The maximum atomic E-state index is 11.5. The van der Waals surface area contributed by atoms with Crippen molar-refractivity contribution in [3.05, 3.63) is 18.0 Å². The Kier molecular flexibility index (Phi) is 4.04. The lowest BCUT2D eigenvalue weighted by Gasteiger charge is -2.45. The van der Waals surface area contributed by atoms with Gasteiger partial charge in [-0.05, 0) is 26.1 Å². The first-order chi connectivity index (χ1) is 12.0. The van der Waals surface area contributed by atoms with Crippen molar-refractivity contribution in [2.45, 2.75) is 19.1 Å². The summed E-state index contributed by atoms with van der Waals surface area (Å²) in [5.74, 6) is 1.79. The molecule has 9 heteroatoms. The Morgan fingerprint density at radius 3 is 2.84 bits per heavy atom. The first kappa shape index (κ1) is 16.2. The molecule has 1 atom stereocenters. The van der Waals surface area contributed by atoms with Crippen molar-refractivity contribution in [3.8, 4) is 0 Å². The monoisotopic (exact) mass is 345 g/mol. The van der Waals surface area contributed by atoms with Gasteiger partial charge in [0.2, 0.25) is 5.91 Å². The molecule has 2 fully saturated rings. The van der Waals surface area contributed by atoms with Crippen molar-refractivity contribution in [1.29, 1.82) is 0 Å². The molecule has 0 radical (unpaired) electrons. The predicted octanol–water partition coefficient (Wildman–Crippen LogP) is -0.590. The van der Waals surface area contributed by atoms with Crippen LogP contribution in [-0.2, 0) is 9.53 Å². The van der Waals surface area contributed by atoms with Gasteiger partial charge in [0.05, 0.1) is 6.10 Å². The Morgan fingerprint density at radius 1 is 1.28 bits per heavy atom. The third kappa shape index (κ3) is 3.05. The number of carbonyl (C=O) groups is 1. The number of ether oxygens (including phenoxy) is 1. The summed E-state index contributed by atoms with van der Waals surface area (Å²) < 4.78 is 7.41. The van der Waals surface area contributed by atoms with Crippen LogP contribution in [0.25, 0.3) is 5.65 Å². The van der Waals surface area contributed by atoms with Gasteiger partial charge in [-0.1, -0.05) is 0 Å². The van der Waals surface area contributed by atoms with E-state index in [2.05, 4.69) is 32.1 Å². The number of rotatable bonds is 4. The molecule has 2 aliphatic heterocycles. The summed E-state index contributed by atoms with van der Waals surface area (Å²) in [5, 5.41) is 12.7. The SMILES string of the molecule is Cc1nnc2ccc(N3CC(N(C)CC4CN(C)C(=O)CO4)C3)nn12. The van der Waals surface area contributed by atoms with Crippen molar-refractivity contribution in [1.82, 2.24) is 29.6 Å². The molecule has 134 valence electrons. The van der Waals surface area contributed by atoms with Crippen LogP contribution in [-0.4, -0.2) is 94.5 Å². The zero-order valence-corrected chi connectivity index (χ0v) is 14.8. The lowest BCUT2D eigenvalue weighted by Crippen LogP contribution is -2.61. The highest BCUT2D eigenvalue weighted by Gasteiger charge is 2.33. The van der Waals surface area contributed by atoms with E-state index in [0.29, 0.717) is 12.6 Å². The van der Waals surface area contributed by atoms with Crippen LogP contribution >= 0.6 is 0 Å². The highest BCUT2D eigenvalue weighted by molar-refractivity contribution is 5.77. The molecule has 0 aromatic carbocycles. The summed E-state index contributed by atoms with van der Waals surface area (Å²) in [6.07, 6.45) is 0.0795. The number of likely N-dealkylation sites (N-methyl/N-ethyl adjacent to an activating group) is 2. The number of carbonyl (C=O) groups excluding carboxylic acids is 1. The maximum absolute atomic E-state index is 11.5. The fraction of sp³-hybridized carbons (Fsp3) is 0.625. The molecular formula is C16H23N7O2. The molecule has 1 unspecified atom stereocenters. The standard InChI is InChI=1S/C16H23N7O2/c1-11-17-18-14-4-5-15(19-23(11)14)22-6-12(7-22)20(2)8-13-9-21(3)16(24)10-25-13/h4-5,12-13H,6-10H2,1-3H3. The lowest BCUT2D eigenvalue weighted by atomic mass is 10.1. The summed E-state index contributed by atoms with van der Waals surface area (Å²) >= 11 is 0. The highest BCUT2D eigenvalue weighted by atomic mass is 16.5. The minimum atomic E-state index is 0.0551. The number of nitrogens with zero attached hydrogens (tertiary/aromatic N) is 7. The van der Waals surface area contributed by atoms with E-state index >= 15 is 0 Å². The smallest absolute Gasteiger partial charge is 0.248 e. The molecule has 1 amide bonds. The summed E-state index contributed by atoms with van der Waals surface area (Å²) in [6, 6.07) is 4.40. The van der Waals surface area contributed by atoms with E-state index in [0.717, 1.165) is 36.9 Å². The van der Waals surface area contributed by atoms with E-state index in [4.69, 9.17) is 4.74 Å². The van der Waals surface area contributed by atoms with Gasteiger partial charge in [0.15, 0.2) is 11.5 Å². The van der Waals surface area contributed by atoms with Crippen molar-refractivity contribution < 1.29 is 9.53 Å². The van der Waals surface area contributed by atoms with E-state index in [1.165, 1.54) is 0 Å². The summed E-state index contributed by atoms with van der Waals surface area (Å²) in [6.45, 7) is 5.43. The lowest BCUT2D eigenvalue weighted by molar-refractivity contribution is -0.147. The van der Waals surface area contributed by atoms with Crippen molar-refractivity contribution in [2.24, 2.45) is 0 Å². The number of aryl methyl sites for hydroxylation is 1. The Hall–Kier alpha value is -2.26. The molecule has 0 bridgehead atoms. The molecule has 0 saturated carbocycles. The van der Waals surface area contributed by atoms with Gasteiger partial charge in [-0.15, -0.1) is 15.3 Å². The molecule has 2 aliphatic rings. The summed E-state index contributed by atoms with van der Waals surface area (Å²) in [4.78, 5) is 17.8. The Bertz CT molecular complexity index is 786. The number of amides is 1. The molecule has 9 nitrogen and oxygen atoms in total. The number of aromatic nitrogens is 4. The van der Waals surface area contributed by atoms with Crippen LogP contribution in [0.3, 0.4) is 0 Å². The van der Waals surface area contributed by atoms with Crippen LogP contribution in [0, 0.1) is 6.92 Å². The van der Waals surface area contributed by atoms with Crippen molar-refractivity contribution >= 4 is 17.4 Å². The molecule has 4 heterocycles. The maximum Gasteiger partial charge on any atom is 0.248 e. The molecule has 0 N–H and O–H groups in total. The second kappa shape index (κ2) is 6.23. The molecular weight excluding hydrogens is 322 g/mol. The minimum absolute atomic E-state index is 0.0551. The van der Waals surface area contributed by atoms with Gasteiger partial charge in [-0.25, -0.2) is 0 Å². The van der Waals surface area contributed by atoms with E-state index in [-0.39, 0.29) is 18.6 Å². The van der Waals surface area contributed by atoms with E-state index in [1.54, 1.807) is 9.42 Å². The fourth-order valence-electron chi connectivity index (χ4n) is 3.32. The van der Waals surface area contributed by atoms with Gasteiger partial charge < -0.3 is 14.5 Å². The van der Waals surface area contributed by atoms with Crippen LogP contribution in [0.15, 0.2) is 12.1 Å². The minimum Gasteiger partial charge on any atom is -0.365 e. The Balaban J connectivity index is 1.33. The van der Waals surface area contributed by atoms with E-state index in [9.17, 15) is 4.79 Å². The Morgan fingerprint density at radius 2 is 2.08 bits per heavy atom. The number of anilines is 1. The van der Waals surface area contributed by atoms with Gasteiger partial charge >= 0.3 is 0 Å². The van der Waals surface area contributed by atoms with E-state index < -0.39 is 0 Å². The molecule has 2 saturated heterocycles. The predicted molar refractivity (Wildman–Crippen MR) is 91.5 cm³/mol. The first-order valence-electron chi connectivity index (χ1n) is 8.51. The molecule has 2 aromatic rings. The van der Waals surface area contributed by atoms with Gasteiger partial charge in [0.1, 0.15) is 12.4 Å². The topological polar surface area (TPSA) is 79.1 Å². The van der Waals surface area contributed by atoms with Gasteiger partial charge in [0, 0.05) is 39.3 Å². The molecule has 25 heavy (non-hydrogen) atoms. The number of fused-ring (bicyclic) bond motifs is 1. The molecule has 0 spiro atoms. The van der Waals surface area contributed by atoms with Crippen LogP contribution in [0.5, 0.6) is 0 Å². The molecule has 0 aliphatic carbocycles. The quantitative estimate of drug-likeness (QED) is 0.733. The van der Waals surface area contributed by atoms with Crippen molar-refractivity contribution in [2.75, 3.05) is 51.8 Å². The summed E-state index contributed by atoms with van der Waals surface area (Å²) in [5.41, 5.74) is 0.767. The third-order valence-corrected chi connectivity index (χ3v) is 5.05. The average molecular weight is 345 g/mol. The molecule has 2 aromatic heterocycles. The fourth-order valence-corrected chi connectivity index (χ4v) is 3.32.